The number of nitrogens with one attached hydrogen (secondary N) is 1. The van der Waals surface area contributed by atoms with E-state index in [1.807, 2.05) is 26.0 Å². The number of aryl methyl sites for hydroxylation is 3. The second-order valence-corrected chi connectivity index (χ2v) is 7.45. The standard InChI is InChI=1S/C23H29NO2/c1-15-12-13-16(2)21(14-15)17(3)24-23(25)18(4)26-22-11-7-9-19-8-5-6-10-20(19)22/h7,9,11-14,17-18H,5-6,8,10H2,1-4H3,(H,24,25)/t17-,18+/m0/s1. The zero-order valence-electron chi connectivity index (χ0n) is 16.3. The first-order valence-electron chi connectivity index (χ1n) is 9.60. The highest BCUT2D eigenvalue weighted by molar-refractivity contribution is 5.81. The Labute approximate surface area is 156 Å². The predicted molar refractivity (Wildman–Crippen MR) is 106 cm³/mol. The van der Waals surface area contributed by atoms with Gasteiger partial charge in [0, 0.05) is 0 Å². The molecular weight excluding hydrogens is 322 g/mol. The molecule has 2 aromatic rings. The quantitative estimate of drug-likeness (QED) is 0.838. The smallest absolute Gasteiger partial charge is 0.261 e. The molecule has 1 N–H and O–H groups in total. The van der Waals surface area contributed by atoms with Crippen molar-refractivity contribution in [2.24, 2.45) is 0 Å². The van der Waals surface area contributed by atoms with Crippen LogP contribution < -0.4 is 10.1 Å². The summed E-state index contributed by atoms with van der Waals surface area (Å²) in [6.45, 7) is 8.00. The second kappa shape index (κ2) is 7.94. The van der Waals surface area contributed by atoms with Crippen LogP contribution >= 0.6 is 0 Å². The predicted octanol–water partition coefficient (Wildman–Crippen LogP) is 4.83. The van der Waals surface area contributed by atoms with Crippen LogP contribution in [0.1, 0.15) is 60.5 Å². The van der Waals surface area contributed by atoms with Crippen LogP contribution in [0.25, 0.3) is 0 Å². The fraction of sp³-hybridized carbons (Fsp3) is 0.435. The Morgan fingerprint density at radius 3 is 2.65 bits per heavy atom. The molecule has 3 rings (SSSR count). The summed E-state index contributed by atoms with van der Waals surface area (Å²) < 4.78 is 6.05. The monoisotopic (exact) mass is 351 g/mol. The molecule has 0 bridgehead atoms. The molecule has 0 radical (unpaired) electrons. The van der Waals surface area contributed by atoms with Crippen molar-refractivity contribution in [1.29, 1.82) is 0 Å². The van der Waals surface area contributed by atoms with Gasteiger partial charge in [-0.15, -0.1) is 0 Å². The van der Waals surface area contributed by atoms with Gasteiger partial charge in [-0.2, -0.15) is 0 Å². The molecule has 3 nitrogen and oxygen atoms in total. The molecular formula is C23H29NO2. The lowest BCUT2D eigenvalue weighted by Crippen LogP contribution is -2.38. The number of amides is 1. The molecule has 0 saturated carbocycles. The van der Waals surface area contributed by atoms with Crippen LogP contribution in [0.15, 0.2) is 36.4 Å². The molecule has 1 aliphatic carbocycles. The van der Waals surface area contributed by atoms with Gasteiger partial charge >= 0.3 is 0 Å². The Morgan fingerprint density at radius 1 is 1.08 bits per heavy atom. The van der Waals surface area contributed by atoms with Crippen molar-refractivity contribution in [2.45, 2.75) is 65.5 Å². The van der Waals surface area contributed by atoms with E-state index >= 15 is 0 Å². The Hall–Kier alpha value is -2.29. The van der Waals surface area contributed by atoms with Crippen LogP contribution in [0.5, 0.6) is 5.75 Å². The van der Waals surface area contributed by atoms with Gasteiger partial charge in [0.25, 0.3) is 5.91 Å². The third kappa shape index (κ3) is 4.09. The lowest BCUT2D eigenvalue weighted by Gasteiger charge is -2.23. The van der Waals surface area contributed by atoms with Gasteiger partial charge in [-0.3, -0.25) is 4.79 Å². The number of ether oxygens (including phenoxy) is 1. The molecule has 0 heterocycles. The second-order valence-electron chi connectivity index (χ2n) is 7.45. The summed E-state index contributed by atoms with van der Waals surface area (Å²) in [6, 6.07) is 12.5. The largest absolute Gasteiger partial charge is 0.481 e. The van der Waals surface area contributed by atoms with E-state index in [1.165, 1.54) is 35.1 Å². The van der Waals surface area contributed by atoms with E-state index in [4.69, 9.17) is 4.74 Å². The minimum absolute atomic E-state index is 0.0434. The summed E-state index contributed by atoms with van der Waals surface area (Å²) in [6.07, 6.45) is 4.06. The van der Waals surface area contributed by atoms with Crippen LogP contribution in [-0.2, 0) is 17.6 Å². The zero-order chi connectivity index (χ0) is 18.7. The van der Waals surface area contributed by atoms with Crippen molar-refractivity contribution in [3.63, 3.8) is 0 Å². The molecule has 2 aromatic carbocycles. The number of benzene rings is 2. The van der Waals surface area contributed by atoms with E-state index in [0.29, 0.717) is 0 Å². The number of hydrogen-bond acceptors (Lipinski definition) is 2. The van der Waals surface area contributed by atoms with Gasteiger partial charge in [0.1, 0.15) is 5.75 Å². The molecule has 0 aliphatic heterocycles. The lowest BCUT2D eigenvalue weighted by molar-refractivity contribution is -0.127. The SMILES string of the molecule is Cc1ccc(C)c([C@H](C)NC(=O)[C@@H](C)Oc2cccc3c2CCCC3)c1. The van der Waals surface area contributed by atoms with Crippen molar-refractivity contribution >= 4 is 5.91 Å². The van der Waals surface area contributed by atoms with E-state index < -0.39 is 6.10 Å². The average Bonchev–Trinajstić information content (AvgIpc) is 2.63. The molecule has 1 amide bonds. The van der Waals surface area contributed by atoms with Gasteiger partial charge in [-0.1, -0.05) is 35.9 Å². The average molecular weight is 351 g/mol. The highest BCUT2D eigenvalue weighted by Gasteiger charge is 2.21. The fourth-order valence-electron chi connectivity index (χ4n) is 3.74. The lowest BCUT2D eigenvalue weighted by atomic mass is 9.91. The number of hydrogen-bond donors (Lipinski definition) is 1. The third-order valence-corrected chi connectivity index (χ3v) is 5.29. The molecule has 1 aliphatic rings. The van der Waals surface area contributed by atoms with E-state index in [2.05, 4.69) is 43.4 Å². The summed E-state index contributed by atoms with van der Waals surface area (Å²) in [5.74, 6) is 0.788. The summed E-state index contributed by atoms with van der Waals surface area (Å²) in [4.78, 5) is 12.7. The first-order valence-corrected chi connectivity index (χ1v) is 9.60. The minimum atomic E-state index is -0.518. The minimum Gasteiger partial charge on any atom is -0.481 e. The van der Waals surface area contributed by atoms with Crippen molar-refractivity contribution in [1.82, 2.24) is 5.32 Å². The molecule has 0 fully saturated rings. The number of rotatable bonds is 5. The maximum absolute atomic E-state index is 12.7. The summed E-state index contributed by atoms with van der Waals surface area (Å²) >= 11 is 0. The van der Waals surface area contributed by atoms with Crippen LogP contribution in [0, 0.1) is 13.8 Å². The number of carbonyl (C=O) groups excluding carboxylic acids is 1. The molecule has 0 spiro atoms. The maximum Gasteiger partial charge on any atom is 0.261 e. The topological polar surface area (TPSA) is 38.3 Å². The Morgan fingerprint density at radius 2 is 1.85 bits per heavy atom. The number of fused-ring (bicyclic) bond motifs is 1. The molecule has 0 aromatic heterocycles. The molecule has 138 valence electrons. The number of carbonyl (C=O) groups is 1. The summed E-state index contributed by atoms with van der Waals surface area (Å²) in [5.41, 5.74) is 6.19. The van der Waals surface area contributed by atoms with Gasteiger partial charge < -0.3 is 10.1 Å². The van der Waals surface area contributed by atoms with Crippen molar-refractivity contribution in [3.05, 3.63) is 64.2 Å². The molecule has 2 atom stereocenters. The highest BCUT2D eigenvalue weighted by Crippen LogP contribution is 2.30. The Kier molecular flexibility index (Phi) is 5.65. The van der Waals surface area contributed by atoms with Crippen LogP contribution in [0.2, 0.25) is 0 Å². The van der Waals surface area contributed by atoms with Gasteiger partial charge in [0.2, 0.25) is 0 Å². The molecule has 26 heavy (non-hydrogen) atoms. The van der Waals surface area contributed by atoms with Crippen LogP contribution in [0.3, 0.4) is 0 Å². The van der Waals surface area contributed by atoms with Crippen molar-refractivity contribution in [3.8, 4) is 5.75 Å². The molecule has 0 unspecified atom stereocenters. The Bertz CT molecular complexity index is 797. The third-order valence-electron chi connectivity index (χ3n) is 5.29. The maximum atomic E-state index is 12.7. The van der Waals surface area contributed by atoms with E-state index in [9.17, 15) is 4.79 Å². The highest BCUT2D eigenvalue weighted by atomic mass is 16.5. The first-order chi connectivity index (χ1) is 12.5. The van der Waals surface area contributed by atoms with E-state index in [1.54, 1.807) is 0 Å². The first kappa shape index (κ1) is 18.5. The van der Waals surface area contributed by atoms with Gasteiger partial charge in [0.05, 0.1) is 6.04 Å². The van der Waals surface area contributed by atoms with E-state index in [-0.39, 0.29) is 11.9 Å². The Balaban J connectivity index is 1.68. The van der Waals surface area contributed by atoms with Crippen molar-refractivity contribution < 1.29 is 9.53 Å². The van der Waals surface area contributed by atoms with Gasteiger partial charge in [-0.05, 0) is 81.7 Å². The summed E-state index contributed by atoms with van der Waals surface area (Å²) in [5, 5.41) is 3.10. The fourth-order valence-corrected chi connectivity index (χ4v) is 3.74. The van der Waals surface area contributed by atoms with Gasteiger partial charge in [0.15, 0.2) is 6.10 Å². The summed E-state index contributed by atoms with van der Waals surface area (Å²) in [7, 11) is 0. The van der Waals surface area contributed by atoms with Crippen LogP contribution in [-0.4, -0.2) is 12.0 Å². The van der Waals surface area contributed by atoms with E-state index in [0.717, 1.165) is 24.2 Å². The molecule has 0 saturated heterocycles. The zero-order valence-corrected chi connectivity index (χ0v) is 16.3. The molecule has 3 heteroatoms. The normalized spacial score (nSPS) is 15.7. The van der Waals surface area contributed by atoms with Crippen molar-refractivity contribution in [2.75, 3.05) is 0 Å². The van der Waals surface area contributed by atoms with Gasteiger partial charge in [-0.25, -0.2) is 0 Å². The van der Waals surface area contributed by atoms with Crippen LogP contribution in [0.4, 0.5) is 0 Å².